The molecule has 0 aromatic heterocycles. The fourth-order valence-electron chi connectivity index (χ4n) is 1.52. The van der Waals surface area contributed by atoms with E-state index in [1.54, 1.807) is 11.9 Å². The van der Waals surface area contributed by atoms with Gasteiger partial charge in [-0.2, -0.15) is 0 Å². The third-order valence-corrected chi connectivity index (χ3v) is 2.50. The normalized spacial score (nSPS) is 19.0. The second kappa shape index (κ2) is 3.73. The minimum absolute atomic E-state index is 0.0604. The van der Waals surface area contributed by atoms with Crippen molar-refractivity contribution in [3.05, 3.63) is 30.3 Å². The van der Waals surface area contributed by atoms with E-state index in [0.717, 1.165) is 5.69 Å². The van der Waals surface area contributed by atoms with Crippen molar-refractivity contribution in [2.24, 2.45) is 0 Å². The van der Waals surface area contributed by atoms with Crippen LogP contribution in [0.4, 0.5) is 5.69 Å². The van der Waals surface area contributed by atoms with E-state index >= 15 is 0 Å². The van der Waals surface area contributed by atoms with E-state index in [0.29, 0.717) is 6.42 Å². The molecule has 0 aliphatic carbocycles. The molecule has 1 aliphatic rings. The van der Waals surface area contributed by atoms with Gasteiger partial charge >= 0.3 is 0 Å². The number of nitrogens with zero attached hydrogens (tertiary/aromatic N) is 1. The van der Waals surface area contributed by atoms with Crippen LogP contribution in [-0.2, 0) is 9.59 Å². The summed E-state index contributed by atoms with van der Waals surface area (Å²) >= 11 is 0. The molecular weight excluding hydrogens is 192 g/mol. The Balaban J connectivity index is 2.05. The molecule has 1 N–H and O–H groups in total. The number of nitrogens with one attached hydrogen (secondary N) is 1. The summed E-state index contributed by atoms with van der Waals surface area (Å²) < 4.78 is 0. The standard InChI is InChI=1S/C11H12N2O2/c1-13(8-5-3-2-4-6-8)11(15)9-7-10(14)12-9/h2-6,9H,7H2,1H3,(H,12,14). The molecule has 1 aromatic carbocycles. The van der Waals surface area contributed by atoms with E-state index in [4.69, 9.17) is 0 Å². The van der Waals surface area contributed by atoms with Gasteiger partial charge in [-0.05, 0) is 12.1 Å². The molecule has 1 atom stereocenters. The maximum atomic E-state index is 11.8. The molecule has 0 spiro atoms. The van der Waals surface area contributed by atoms with Crippen molar-refractivity contribution in [1.82, 2.24) is 5.32 Å². The molecule has 78 valence electrons. The van der Waals surface area contributed by atoms with Crippen molar-refractivity contribution in [2.75, 3.05) is 11.9 Å². The zero-order chi connectivity index (χ0) is 10.8. The summed E-state index contributed by atoms with van der Waals surface area (Å²) in [5.41, 5.74) is 0.837. The van der Waals surface area contributed by atoms with Crippen LogP contribution in [0.1, 0.15) is 6.42 Å². The van der Waals surface area contributed by atoms with Gasteiger partial charge in [-0.3, -0.25) is 9.59 Å². The first-order valence-corrected chi connectivity index (χ1v) is 4.80. The number of carbonyl (C=O) groups excluding carboxylic acids is 2. The Morgan fingerprint density at radius 3 is 2.53 bits per heavy atom. The molecule has 1 heterocycles. The van der Waals surface area contributed by atoms with Crippen molar-refractivity contribution in [3.8, 4) is 0 Å². The SMILES string of the molecule is CN(C(=O)C1CC(=O)N1)c1ccccc1. The van der Waals surface area contributed by atoms with Crippen LogP contribution in [-0.4, -0.2) is 24.9 Å². The number of para-hydroxylation sites is 1. The Kier molecular flexibility index (Phi) is 2.41. The summed E-state index contributed by atoms with van der Waals surface area (Å²) in [5.74, 6) is -0.129. The average Bonchev–Trinajstić information content (AvgIpc) is 2.24. The second-order valence-corrected chi connectivity index (χ2v) is 3.56. The van der Waals surface area contributed by atoms with Gasteiger partial charge in [0.25, 0.3) is 0 Å². The Morgan fingerprint density at radius 2 is 2.00 bits per heavy atom. The molecule has 0 bridgehead atoms. The first-order chi connectivity index (χ1) is 7.18. The van der Waals surface area contributed by atoms with Crippen LogP contribution in [0.3, 0.4) is 0 Å². The van der Waals surface area contributed by atoms with Gasteiger partial charge in [-0.25, -0.2) is 0 Å². The molecule has 1 fully saturated rings. The molecule has 2 amide bonds. The average molecular weight is 204 g/mol. The van der Waals surface area contributed by atoms with Gasteiger partial charge in [0.15, 0.2) is 0 Å². The Hall–Kier alpha value is -1.84. The molecule has 4 heteroatoms. The van der Waals surface area contributed by atoms with E-state index in [2.05, 4.69) is 5.32 Å². The molecule has 1 saturated heterocycles. The lowest BCUT2D eigenvalue weighted by molar-refractivity contribution is -0.135. The van der Waals surface area contributed by atoms with E-state index in [9.17, 15) is 9.59 Å². The van der Waals surface area contributed by atoms with Gasteiger partial charge in [0.2, 0.25) is 11.8 Å². The predicted octanol–water partition coefficient (Wildman–Crippen LogP) is 0.538. The van der Waals surface area contributed by atoms with Crippen molar-refractivity contribution < 1.29 is 9.59 Å². The topological polar surface area (TPSA) is 49.4 Å². The van der Waals surface area contributed by atoms with Gasteiger partial charge < -0.3 is 10.2 Å². The number of hydrogen-bond donors (Lipinski definition) is 1. The number of likely N-dealkylation sites (N-methyl/N-ethyl adjacent to an activating group) is 1. The van der Waals surface area contributed by atoms with Crippen LogP contribution >= 0.6 is 0 Å². The molecule has 2 rings (SSSR count). The number of carbonyl (C=O) groups is 2. The first kappa shape index (κ1) is 9.71. The third-order valence-electron chi connectivity index (χ3n) is 2.50. The first-order valence-electron chi connectivity index (χ1n) is 4.80. The highest BCUT2D eigenvalue weighted by atomic mass is 16.2. The molecular formula is C11H12N2O2. The number of amides is 2. The zero-order valence-corrected chi connectivity index (χ0v) is 8.43. The van der Waals surface area contributed by atoms with Gasteiger partial charge in [0.1, 0.15) is 6.04 Å². The summed E-state index contributed by atoms with van der Waals surface area (Å²) in [6.07, 6.45) is 0.302. The zero-order valence-electron chi connectivity index (χ0n) is 8.43. The summed E-state index contributed by atoms with van der Waals surface area (Å²) in [6, 6.07) is 9.02. The third kappa shape index (κ3) is 1.83. The largest absolute Gasteiger partial charge is 0.344 e. The van der Waals surface area contributed by atoms with Crippen molar-refractivity contribution in [2.45, 2.75) is 12.5 Å². The monoisotopic (exact) mass is 204 g/mol. The quantitative estimate of drug-likeness (QED) is 0.715. The fourth-order valence-corrected chi connectivity index (χ4v) is 1.52. The van der Waals surface area contributed by atoms with Crippen molar-refractivity contribution in [3.63, 3.8) is 0 Å². The van der Waals surface area contributed by atoms with Crippen LogP contribution < -0.4 is 10.2 Å². The Morgan fingerprint density at radius 1 is 1.40 bits per heavy atom. The highest BCUT2D eigenvalue weighted by molar-refractivity contribution is 6.04. The van der Waals surface area contributed by atoms with Crippen LogP contribution in [0, 0.1) is 0 Å². The van der Waals surface area contributed by atoms with Gasteiger partial charge in [0.05, 0.1) is 6.42 Å². The Bertz CT molecular complexity index is 381. The smallest absolute Gasteiger partial charge is 0.249 e. The minimum atomic E-state index is -0.345. The summed E-state index contributed by atoms with van der Waals surface area (Å²) in [5, 5.41) is 2.56. The highest BCUT2D eigenvalue weighted by Crippen LogP contribution is 2.15. The number of anilines is 1. The van der Waals surface area contributed by atoms with Crippen LogP contribution in [0.25, 0.3) is 0 Å². The molecule has 1 unspecified atom stereocenters. The molecule has 4 nitrogen and oxygen atoms in total. The molecule has 1 aliphatic heterocycles. The van der Waals surface area contributed by atoms with Crippen molar-refractivity contribution in [1.29, 1.82) is 0 Å². The number of benzene rings is 1. The minimum Gasteiger partial charge on any atom is -0.344 e. The molecule has 0 saturated carbocycles. The van der Waals surface area contributed by atoms with Crippen LogP contribution in [0.2, 0.25) is 0 Å². The summed E-state index contributed by atoms with van der Waals surface area (Å²) in [4.78, 5) is 24.0. The van der Waals surface area contributed by atoms with E-state index < -0.39 is 0 Å². The Labute approximate surface area is 87.9 Å². The maximum absolute atomic E-state index is 11.8. The maximum Gasteiger partial charge on any atom is 0.249 e. The highest BCUT2D eigenvalue weighted by Gasteiger charge is 2.33. The fraction of sp³-hybridized carbons (Fsp3) is 0.273. The van der Waals surface area contributed by atoms with Crippen LogP contribution in [0.5, 0.6) is 0 Å². The van der Waals surface area contributed by atoms with E-state index in [1.807, 2.05) is 30.3 Å². The lowest BCUT2D eigenvalue weighted by atomic mass is 10.1. The van der Waals surface area contributed by atoms with E-state index in [1.165, 1.54) is 0 Å². The van der Waals surface area contributed by atoms with Gasteiger partial charge in [-0.15, -0.1) is 0 Å². The van der Waals surface area contributed by atoms with Gasteiger partial charge in [0, 0.05) is 12.7 Å². The summed E-state index contributed by atoms with van der Waals surface area (Å²) in [7, 11) is 1.71. The lowest BCUT2D eigenvalue weighted by Crippen LogP contribution is -2.57. The van der Waals surface area contributed by atoms with Gasteiger partial charge in [-0.1, -0.05) is 18.2 Å². The number of hydrogen-bond acceptors (Lipinski definition) is 2. The predicted molar refractivity (Wildman–Crippen MR) is 56.4 cm³/mol. The number of rotatable bonds is 2. The molecule has 1 aromatic rings. The van der Waals surface area contributed by atoms with E-state index in [-0.39, 0.29) is 17.9 Å². The van der Waals surface area contributed by atoms with Crippen molar-refractivity contribution >= 4 is 17.5 Å². The second-order valence-electron chi connectivity index (χ2n) is 3.56. The lowest BCUT2D eigenvalue weighted by Gasteiger charge is -2.29. The molecule has 15 heavy (non-hydrogen) atoms. The van der Waals surface area contributed by atoms with Crippen LogP contribution in [0.15, 0.2) is 30.3 Å². The number of β-lactam (4-membered cyclic amide) rings is 1. The summed E-state index contributed by atoms with van der Waals surface area (Å²) in [6.45, 7) is 0. The molecule has 0 radical (unpaired) electrons.